The van der Waals surface area contributed by atoms with Crippen molar-refractivity contribution in [2.75, 3.05) is 7.11 Å². The van der Waals surface area contributed by atoms with Crippen molar-refractivity contribution in [1.29, 1.82) is 0 Å². The normalized spacial score (nSPS) is 16.9. The van der Waals surface area contributed by atoms with Crippen LogP contribution < -0.4 is 4.74 Å². The molecule has 8 heteroatoms. The molecule has 1 aromatic heterocycles. The molecule has 36 heavy (non-hydrogen) atoms. The van der Waals surface area contributed by atoms with Gasteiger partial charge < -0.3 is 9.84 Å². The number of ether oxygens (including phenoxy) is 1. The topological polar surface area (TPSA) is 98.5 Å². The monoisotopic (exact) mass is 500 g/mol. The Morgan fingerprint density at radius 2 is 1.69 bits per heavy atom. The van der Waals surface area contributed by atoms with E-state index in [1.54, 1.807) is 25.3 Å². The summed E-state index contributed by atoms with van der Waals surface area (Å²) in [4.78, 5) is 12.1. The van der Waals surface area contributed by atoms with Gasteiger partial charge in [0.25, 0.3) is 10.0 Å². The molecule has 1 aliphatic carbocycles. The van der Waals surface area contributed by atoms with Gasteiger partial charge in [-0.1, -0.05) is 72.3 Å². The summed E-state index contributed by atoms with van der Waals surface area (Å²) in [7, 11) is -2.56. The number of carboxylic acids is 1. The fourth-order valence-corrected chi connectivity index (χ4v) is 6.02. The highest BCUT2D eigenvalue weighted by atomic mass is 32.2. The summed E-state index contributed by atoms with van der Waals surface area (Å²) in [5.74, 6) is -0.628. The molecule has 182 valence electrons. The number of carbonyl (C=O) groups is 1. The second-order valence-electron chi connectivity index (χ2n) is 8.75. The van der Waals surface area contributed by atoms with Crippen molar-refractivity contribution < 1.29 is 23.1 Å². The zero-order valence-corrected chi connectivity index (χ0v) is 20.6. The Bertz CT molecular complexity index is 1590. The highest BCUT2D eigenvalue weighted by Gasteiger charge is 2.40. The maximum absolute atomic E-state index is 13.7. The first-order chi connectivity index (χ1) is 17.3. The molecule has 4 aromatic rings. The molecule has 1 unspecified atom stereocenters. The summed E-state index contributed by atoms with van der Waals surface area (Å²) in [5, 5.41) is 13.9. The summed E-state index contributed by atoms with van der Waals surface area (Å²) in [6.07, 6.45) is 3.78. The Hall–Kier alpha value is -4.17. The number of nitrogens with zero attached hydrogens (tertiary/aromatic N) is 2. The number of hydrogen-bond donors (Lipinski definition) is 1. The average Bonchev–Trinajstić information content (AvgIpc) is 3.29. The van der Waals surface area contributed by atoms with Crippen LogP contribution in [-0.4, -0.2) is 35.8 Å². The van der Waals surface area contributed by atoms with Gasteiger partial charge in [-0.2, -0.15) is 12.5 Å². The maximum Gasteiger partial charge on any atom is 0.357 e. The number of fused-ring (bicyclic) bond motifs is 1. The van der Waals surface area contributed by atoms with Gasteiger partial charge in [0.05, 0.1) is 17.7 Å². The molecule has 3 aromatic carbocycles. The van der Waals surface area contributed by atoms with Gasteiger partial charge in [0, 0.05) is 17.4 Å². The number of aromatic carboxylic acids is 1. The zero-order valence-electron chi connectivity index (χ0n) is 19.8. The van der Waals surface area contributed by atoms with Gasteiger partial charge in [-0.3, -0.25) is 0 Å². The predicted octanol–water partition coefficient (Wildman–Crippen LogP) is 4.69. The van der Waals surface area contributed by atoms with Crippen molar-refractivity contribution >= 4 is 22.1 Å². The Labute approximate surface area is 209 Å². The van der Waals surface area contributed by atoms with Crippen molar-refractivity contribution in [1.82, 2.24) is 9.19 Å². The standard InChI is InChI=1S/C28H24N2O5S/c1-19-11-13-23(14-12-19)36(33,34)30-25-18-28(20-7-4-3-5-8-20,21-9-6-10-22(17-21)35-2)16-15-24(25)26(29-30)27(31)32/h3-17H,18H2,1-2H3,(H,31,32). The van der Waals surface area contributed by atoms with Crippen LogP contribution in [-0.2, 0) is 21.9 Å². The number of aryl methyl sites for hydroxylation is 1. The lowest BCUT2D eigenvalue weighted by atomic mass is 9.68. The van der Waals surface area contributed by atoms with E-state index >= 15 is 0 Å². The van der Waals surface area contributed by atoms with Crippen molar-refractivity contribution in [2.45, 2.75) is 23.7 Å². The quantitative estimate of drug-likeness (QED) is 0.412. The molecule has 0 saturated carbocycles. The number of allylic oxidation sites excluding steroid dienone is 1. The molecule has 0 fully saturated rings. The summed E-state index contributed by atoms with van der Waals surface area (Å²) in [5.41, 5.74) is 2.23. The van der Waals surface area contributed by atoms with Crippen LogP contribution in [0.15, 0.2) is 89.8 Å². The third-order valence-electron chi connectivity index (χ3n) is 6.59. The maximum atomic E-state index is 13.7. The Morgan fingerprint density at radius 3 is 2.36 bits per heavy atom. The van der Waals surface area contributed by atoms with Gasteiger partial charge in [0.1, 0.15) is 5.75 Å². The van der Waals surface area contributed by atoms with Crippen molar-refractivity contribution in [3.8, 4) is 5.75 Å². The molecule has 1 aliphatic rings. The number of methoxy groups -OCH3 is 1. The van der Waals surface area contributed by atoms with Gasteiger partial charge in [0.15, 0.2) is 5.69 Å². The van der Waals surface area contributed by atoms with Crippen LogP contribution >= 0.6 is 0 Å². The second kappa shape index (κ2) is 8.80. The Balaban J connectivity index is 1.76. The molecule has 1 heterocycles. The van der Waals surface area contributed by atoms with Crippen LogP contribution in [0.1, 0.15) is 38.4 Å². The highest BCUT2D eigenvalue weighted by Crippen LogP contribution is 2.43. The largest absolute Gasteiger partial charge is 0.497 e. The van der Waals surface area contributed by atoms with E-state index in [1.165, 1.54) is 12.1 Å². The minimum absolute atomic E-state index is 0.0385. The van der Waals surface area contributed by atoms with E-state index in [9.17, 15) is 18.3 Å². The van der Waals surface area contributed by atoms with Gasteiger partial charge in [-0.05, 0) is 42.3 Å². The summed E-state index contributed by atoms with van der Waals surface area (Å²) in [6, 6.07) is 23.7. The Kier molecular flexibility index (Phi) is 5.76. The third-order valence-corrected chi connectivity index (χ3v) is 8.22. The first-order valence-corrected chi connectivity index (χ1v) is 12.8. The summed E-state index contributed by atoms with van der Waals surface area (Å²) in [6.45, 7) is 1.86. The lowest BCUT2D eigenvalue weighted by Crippen LogP contribution is -2.32. The van der Waals surface area contributed by atoms with Crippen molar-refractivity contribution in [3.63, 3.8) is 0 Å². The van der Waals surface area contributed by atoms with E-state index in [1.807, 2.05) is 67.6 Å². The Morgan fingerprint density at radius 1 is 1.00 bits per heavy atom. The van der Waals surface area contributed by atoms with Crippen molar-refractivity contribution in [2.24, 2.45) is 0 Å². The number of hydrogen-bond acceptors (Lipinski definition) is 5. The van der Waals surface area contributed by atoms with E-state index in [2.05, 4.69) is 5.10 Å². The van der Waals surface area contributed by atoms with Crippen LogP contribution in [0.4, 0.5) is 0 Å². The zero-order chi connectivity index (χ0) is 25.5. The van der Waals surface area contributed by atoms with Gasteiger partial charge >= 0.3 is 5.97 Å². The minimum Gasteiger partial charge on any atom is -0.497 e. The predicted molar refractivity (Wildman–Crippen MR) is 136 cm³/mol. The number of rotatable bonds is 6. The van der Waals surface area contributed by atoms with Gasteiger partial charge in [0.2, 0.25) is 0 Å². The van der Waals surface area contributed by atoms with Gasteiger partial charge in [-0.15, -0.1) is 5.10 Å². The van der Waals surface area contributed by atoms with Crippen LogP contribution in [0.2, 0.25) is 0 Å². The summed E-state index contributed by atoms with van der Waals surface area (Å²) >= 11 is 0. The highest BCUT2D eigenvalue weighted by molar-refractivity contribution is 7.89. The van der Waals surface area contributed by atoms with Crippen molar-refractivity contribution in [3.05, 3.63) is 119 Å². The fourth-order valence-electron chi connectivity index (χ4n) is 4.70. The molecular formula is C28H24N2O5S. The van der Waals surface area contributed by atoms with E-state index in [0.717, 1.165) is 20.8 Å². The first-order valence-electron chi connectivity index (χ1n) is 11.3. The minimum atomic E-state index is -4.15. The van der Waals surface area contributed by atoms with E-state index in [-0.39, 0.29) is 22.6 Å². The molecular weight excluding hydrogens is 476 g/mol. The molecule has 5 rings (SSSR count). The van der Waals surface area contributed by atoms with Crippen LogP contribution in [0.25, 0.3) is 6.08 Å². The molecule has 0 bridgehead atoms. The molecule has 0 radical (unpaired) electrons. The molecule has 1 atom stereocenters. The first kappa shape index (κ1) is 23.6. The van der Waals surface area contributed by atoms with Gasteiger partial charge in [-0.25, -0.2) is 4.79 Å². The molecule has 1 N–H and O–H groups in total. The summed E-state index contributed by atoms with van der Waals surface area (Å²) < 4.78 is 33.8. The number of benzene rings is 3. The lowest BCUT2D eigenvalue weighted by Gasteiger charge is -2.35. The van der Waals surface area contributed by atoms with Crippen LogP contribution in [0.5, 0.6) is 5.75 Å². The third kappa shape index (κ3) is 3.79. The lowest BCUT2D eigenvalue weighted by molar-refractivity contribution is 0.0690. The van der Waals surface area contributed by atoms with Crippen LogP contribution in [0.3, 0.4) is 0 Å². The number of aromatic nitrogens is 2. The van der Waals surface area contributed by atoms with E-state index < -0.39 is 21.4 Å². The van der Waals surface area contributed by atoms with E-state index in [4.69, 9.17) is 4.74 Å². The SMILES string of the molecule is COc1cccc(C2(c3ccccc3)C=Cc3c(C(=O)O)nn(S(=O)(=O)c4ccc(C)cc4)c3C2)c1. The average molecular weight is 501 g/mol. The molecule has 0 saturated heterocycles. The van der Waals surface area contributed by atoms with Crippen LogP contribution in [0, 0.1) is 6.92 Å². The molecule has 7 nitrogen and oxygen atoms in total. The molecule has 0 spiro atoms. The van der Waals surface area contributed by atoms with E-state index in [0.29, 0.717) is 11.4 Å². The molecule has 0 aliphatic heterocycles. The fraction of sp³-hybridized carbons (Fsp3) is 0.143. The molecule has 0 amide bonds. The number of carboxylic acid groups (broad SMARTS) is 1. The second-order valence-corrected chi connectivity index (χ2v) is 10.5. The smallest absolute Gasteiger partial charge is 0.357 e.